The van der Waals surface area contributed by atoms with Gasteiger partial charge >= 0.3 is 5.97 Å². The summed E-state index contributed by atoms with van der Waals surface area (Å²) in [7, 11) is 1.90. The molecule has 3 aromatic rings. The molecule has 0 aliphatic carbocycles. The van der Waals surface area contributed by atoms with Crippen LogP contribution in [0.15, 0.2) is 54.6 Å². The minimum atomic E-state index is -0.948. The molecule has 1 fully saturated rings. The first-order chi connectivity index (χ1) is 29.3. The first-order valence-corrected chi connectivity index (χ1v) is 21.5. The van der Waals surface area contributed by atoms with Crippen LogP contribution in [0.2, 0.25) is 0 Å². The van der Waals surface area contributed by atoms with Crippen LogP contribution in [0.1, 0.15) is 77.5 Å². The number of nitrogens with one attached hydrogen (secondary N) is 4. The number of piperidine rings is 1. The Hall–Kier alpha value is -5.32. The Balaban J connectivity index is 1.30. The number of aromatic nitrogens is 1. The molecular formula is C45H65N7O9. The van der Waals surface area contributed by atoms with Crippen molar-refractivity contribution in [3.05, 3.63) is 65.9 Å². The van der Waals surface area contributed by atoms with Gasteiger partial charge in [-0.25, -0.2) is 0 Å². The van der Waals surface area contributed by atoms with E-state index < -0.39 is 35.8 Å². The summed E-state index contributed by atoms with van der Waals surface area (Å²) < 4.78 is 13.2. The Labute approximate surface area is 359 Å². The predicted octanol–water partition coefficient (Wildman–Crippen LogP) is 3.71. The molecule has 1 aliphatic heterocycles. The normalized spacial score (nSPS) is 14.1. The third kappa shape index (κ3) is 15.3. The van der Waals surface area contributed by atoms with Crippen LogP contribution in [0.3, 0.4) is 0 Å². The Morgan fingerprint density at radius 1 is 0.836 bits per heavy atom. The fraction of sp³-hybridized carbons (Fsp3) is 0.556. The van der Waals surface area contributed by atoms with Gasteiger partial charge in [-0.3, -0.25) is 28.8 Å². The highest BCUT2D eigenvalue weighted by Gasteiger charge is 2.31. The largest absolute Gasteiger partial charge is 0.481 e. The summed E-state index contributed by atoms with van der Waals surface area (Å²) in [5.41, 5.74) is 3.94. The van der Waals surface area contributed by atoms with Gasteiger partial charge in [-0.05, 0) is 74.4 Å². The summed E-state index contributed by atoms with van der Waals surface area (Å²) >= 11 is 0. The van der Waals surface area contributed by atoms with Crippen molar-refractivity contribution in [3.63, 3.8) is 0 Å². The second kappa shape index (κ2) is 24.8. The van der Waals surface area contributed by atoms with Gasteiger partial charge in [-0.1, -0.05) is 51.1 Å². The molecule has 2 aromatic carbocycles. The number of anilines is 1. The number of carbonyl (C=O) groups excluding carboxylic acids is 5. The van der Waals surface area contributed by atoms with Gasteiger partial charge in [-0.2, -0.15) is 0 Å². The lowest BCUT2D eigenvalue weighted by Gasteiger charge is -2.39. The maximum atomic E-state index is 13.8. The molecule has 0 bridgehead atoms. The number of amides is 5. The van der Waals surface area contributed by atoms with Crippen LogP contribution in [0.5, 0.6) is 0 Å². The van der Waals surface area contributed by atoms with Crippen LogP contribution >= 0.6 is 0 Å². The lowest BCUT2D eigenvalue weighted by atomic mass is 10.0. The molecule has 0 unspecified atom stereocenters. The molecule has 61 heavy (non-hydrogen) atoms. The molecule has 4 rings (SSSR count). The summed E-state index contributed by atoms with van der Waals surface area (Å²) in [6, 6.07) is 15.7. The minimum Gasteiger partial charge on any atom is -0.481 e. The standard InChI is InChI=1S/C45H65N7O9/c1-6-33-11-13-35(14-12-33)48-44(58)32(4)47-45(59)43(31(2)3)49-39(53)15-16-41(55)52(24-26-61-28-27-60-25-20-42(56)57)36-17-21-50(22-18-36)40(54)19-23-51-37(30-46-5)29-34-9-7-8-10-38(34)51/h7-14,29,31-32,36,43,46H,6,15-28,30H2,1-5H3,(H,47,59)(H,48,58)(H,49,53)(H,56,57)/t32-,43-/m0/s1. The maximum Gasteiger partial charge on any atom is 0.305 e. The number of benzene rings is 2. The number of hydrogen-bond donors (Lipinski definition) is 5. The van der Waals surface area contributed by atoms with Gasteiger partial charge in [0, 0.05) is 74.9 Å². The van der Waals surface area contributed by atoms with Gasteiger partial charge in [0.2, 0.25) is 29.5 Å². The second-order valence-electron chi connectivity index (χ2n) is 15.8. The molecule has 16 heteroatoms. The molecule has 5 N–H and O–H groups in total. The molecule has 1 aromatic heterocycles. The summed E-state index contributed by atoms with van der Waals surface area (Å²) in [6.45, 7) is 10.3. The van der Waals surface area contributed by atoms with Gasteiger partial charge in [0.1, 0.15) is 12.1 Å². The highest BCUT2D eigenvalue weighted by molar-refractivity contribution is 5.98. The number of aryl methyl sites for hydroxylation is 2. The molecule has 2 atom stereocenters. The minimum absolute atomic E-state index is 0.0490. The molecule has 5 amide bonds. The van der Waals surface area contributed by atoms with Gasteiger partial charge in [-0.15, -0.1) is 0 Å². The zero-order valence-corrected chi connectivity index (χ0v) is 36.4. The van der Waals surface area contributed by atoms with Crippen LogP contribution < -0.4 is 21.3 Å². The van der Waals surface area contributed by atoms with Crippen LogP contribution in [0.25, 0.3) is 10.9 Å². The number of aliphatic carboxylic acids is 1. The summed E-state index contributed by atoms with van der Waals surface area (Å²) in [5, 5.41) is 21.4. The van der Waals surface area contributed by atoms with E-state index in [-0.39, 0.29) is 76.0 Å². The first-order valence-electron chi connectivity index (χ1n) is 21.5. The van der Waals surface area contributed by atoms with E-state index in [1.807, 2.05) is 43.1 Å². The number of carboxylic acids is 1. The Morgan fingerprint density at radius 2 is 1.52 bits per heavy atom. The highest BCUT2D eigenvalue weighted by Crippen LogP contribution is 2.23. The van der Waals surface area contributed by atoms with E-state index in [1.54, 1.807) is 37.8 Å². The Kier molecular flexibility index (Phi) is 19.7. The molecule has 0 spiro atoms. The molecule has 2 heterocycles. The van der Waals surface area contributed by atoms with E-state index in [0.717, 1.165) is 28.6 Å². The van der Waals surface area contributed by atoms with Crippen LogP contribution in [0.4, 0.5) is 5.69 Å². The van der Waals surface area contributed by atoms with Gasteiger partial charge in [0.25, 0.3) is 0 Å². The molecule has 1 saturated heterocycles. The summed E-state index contributed by atoms with van der Waals surface area (Å²) in [5.74, 6) is -2.83. The molecule has 16 nitrogen and oxygen atoms in total. The number of likely N-dealkylation sites (tertiary alicyclic amines) is 1. The fourth-order valence-electron chi connectivity index (χ4n) is 7.39. The zero-order valence-electron chi connectivity index (χ0n) is 36.4. The van der Waals surface area contributed by atoms with E-state index in [9.17, 15) is 28.8 Å². The van der Waals surface area contributed by atoms with Gasteiger partial charge < -0.3 is 50.2 Å². The quantitative estimate of drug-likeness (QED) is 0.0784. The van der Waals surface area contributed by atoms with Crippen LogP contribution in [-0.2, 0) is 57.8 Å². The fourth-order valence-corrected chi connectivity index (χ4v) is 7.39. The average Bonchev–Trinajstić information content (AvgIpc) is 3.60. The third-order valence-electron chi connectivity index (χ3n) is 10.9. The third-order valence-corrected chi connectivity index (χ3v) is 10.9. The number of fused-ring (bicyclic) bond motifs is 1. The number of rotatable bonds is 25. The molecular weight excluding hydrogens is 783 g/mol. The van der Waals surface area contributed by atoms with Gasteiger partial charge in [0.05, 0.1) is 32.8 Å². The van der Waals surface area contributed by atoms with Crippen molar-refractivity contribution >= 4 is 52.1 Å². The number of carbonyl (C=O) groups is 6. The predicted molar refractivity (Wildman–Crippen MR) is 233 cm³/mol. The average molecular weight is 848 g/mol. The number of nitrogens with zero attached hydrogens (tertiary/aromatic N) is 3. The molecule has 0 radical (unpaired) electrons. The lowest BCUT2D eigenvalue weighted by Crippen LogP contribution is -2.54. The highest BCUT2D eigenvalue weighted by atomic mass is 16.5. The maximum absolute atomic E-state index is 13.8. The summed E-state index contributed by atoms with van der Waals surface area (Å²) in [4.78, 5) is 81.0. The van der Waals surface area contributed by atoms with E-state index in [0.29, 0.717) is 51.1 Å². The van der Waals surface area contributed by atoms with Crippen molar-refractivity contribution in [2.24, 2.45) is 5.92 Å². The second-order valence-corrected chi connectivity index (χ2v) is 15.8. The van der Waals surface area contributed by atoms with Crippen molar-refractivity contribution in [3.8, 4) is 0 Å². The topological polar surface area (TPSA) is 201 Å². The summed E-state index contributed by atoms with van der Waals surface area (Å²) in [6.07, 6.45) is 1.96. The SMILES string of the molecule is CCc1ccc(NC(=O)[C@H](C)NC(=O)[C@@H](NC(=O)CCC(=O)N(CCOCCOCCC(=O)O)C2CCN(C(=O)CCn3c(CNC)cc4ccccc43)CC2)C(C)C)cc1. The van der Waals surface area contributed by atoms with Gasteiger partial charge in [0.15, 0.2) is 0 Å². The molecule has 334 valence electrons. The van der Waals surface area contributed by atoms with Crippen molar-refractivity contribution in [1.29, 1.82) is 0 Å². The van der Waals surface area contributed by atoms with E-state index in [4.69, 9.17) is 14.6 Å². The molecule has 0 saturated carbocycles. The zero-order chi connectivity index (χ0) is 44.3. The smallest absolute Gasteiger partial charge is 0.305 e. The van der Waals surface area contributed by atoms with E-state index >= 15 is 0 Å². The lowest BCUT2D eigenvalue weighted by molar-refractivity contribution is -0.139. The Bertz CT molecular complexity index is 1910. The van der Waals surface area contributed by atoms with E-state index in [1.165, 1.54) is 0 Å². The number of hydrogen-bond acceptors (Lipinski definition) is 9. The van der Waals surface area contributed by atoms with Crippen molar-refractivity contribution in [2.75, 3.05) is 58.4 Å². The van der Waals surface area contributed by atoms with Crippen molar-refractivity contribution < 1.29 is 43.3 Å². The van der Waals surface area contributed by atoms with Crippen LogP contribution in [-0.4, -0.2) is 126 Å². The van der Waals surface area contributed by atoms with Crippen LogP contribution in [0, 0.1) is 5.92 Å². The number of para-hydroxylation sites is 1. The Morgan fingerprint density at radius 3 is 2.18 bits per heavy atom. The monoisotopic (exact) mass is 847 g/mol. The van der Waals surface area contributed by atoms with Crippen molar-refractivity contribution in [2.45, 2.75) is 104 Å². The van der Waals surface area contributed by atoms with E-state index in [2.05, 4.69) is 44.0 Å². The molecule has 1 aliphatic rings. The number of ether oxygens (including phenoxy) is 2. The van der Waals surface area contributed by atoms with Crippen molar-refractivity contribution in [1.82, 2.24) is 30.3 Å². The number of carboxylic acid groups (broad SMARTS) is 1. The first kappa shape index (κ1) is 48.3.